The van der Waals surface area contributed by atoms with Gasteiger partial charge in [-0.05, 0) is 50.4 Å². The van der Waals surface area contributed by atoms with Crippen molar-refractivity contribution in [1.82, 2.24) is 9.47 Å². The molecule has 0 radical (unpaired) electrons. The van der Waals surface area contributed by atoms with E-state index >= 15 is 0 Å². The molecule has 0 unspecified atom stereocenters. The number of rotatable bonds is 4. The highest BCUT2D eigenvalue weighted by atomic mass is 32.2. The number of hydrogen-bond donors (Lipinski definition) is 1. The zero-order valence-corrected chi connectivity index (χ0v) is 12.2. The number of hydrogen-bond acceptors (Lipinski definition) is 3. The van der Waals surface area contributed by atoms with Crippen molar-refractivity contribution in [1.29, 1.82) is 0 Å². The fraction of sp³-hybridized carbons (Fsp3) is 0.467. The summed E-state index contributed by atoms with van der Waals surface area (Å²) in [7, 11) is 0. The molecule has 0 aliphatic carbocycles. The third-order valence-electron chi connectivity index (χ3n) is 3.95. The molecule has 2 heterocycles. The lowest BCUT2D eigenvalue weighted by Gasteiger charge is -2.15. The summed E-state index contributed by atoms with van der Waals surface area (Å²) in [6.07, 6.45) is 7.02. The maximum absolute atomic E-state index is 6.01. The largest absolute Gasteiger partial charge is 0.399 e. The monoisotopic (exact) mass is 275 g/mol. The van der Waals surface area contributed by atoms with Gasteiger partial charge in [0.05, 0.1) is 5.52 Å². The van der Waals surface area contributed by atoms with Crippen LogP contribution in [0.1, 0.15) is 12.8 Å². The molecule has 0 atom stereocenters. The smallest absolute Gasteiger partial charge is 0.0512 e. The Balaban J connectivity index is 1.85. The van der Waals surface area contributed by atoms with Gasteiger partial charge in [-0.3, -0.25) is 0 Å². The molecule has 19 heavy (non-hydrogen) atoms. The second-order valence-corrected chi connectivity index (χ2v) is 6.06. The van der Waals surface area contributed by atoms with Gasteiger partial charge in [0.2, 0.25) is 0 Å². The Morgan fingerprint density at radius 1 is 1.21 bits per heavy atom. The van der Waals surface area contributed by atoms with Crippen LogP contribution >= 0.6 is 11.8 Å². The molecule has 0 spiro atoms. The standard InChI is InChI=1S/C15H21N3S/c1-19-15-11-12(16)10-14-13(15)4-7-18(14)9-8-17-5-2-3-6-17/h4,7,10-11H,2-3,5-6,8-9,16H2,1H3. The van der Waals surface area contributed by atoms with Crippen molar-refractivity contribution in [3.05, 3.63) is 24.4 Å². The van der Waals surface area contributed by atoms with Crippen LogP contribution in [0.15, 0.2) is 29.3 Å². The maximum Gasteiger partial charge on any atom is 0.0512 e. The van der Waals surface area contributed by atoms with Crippen LogP contribution in [0.5, 0.6) is 0 Å². The Labute approximate surface area is 118 Å². The highest BCUT2D eigenvalue weighted by Gasteiger charge is 2.12. The van der Waals surface area contributed by atoms with Crippen molar-refractivity contribution in [2.24, 2.45) is 0 Å². The van der Waals surface area contributed by atoms with Crippen LogP contribution in [0.25, 0.3) is 10.9 Å². The molecule has 1 aliphatic heterocycles. The quantitative estimate of drug-likeness (QED) is 0.688. The zero-order chi connectivity index (χ0) is 13.2. The van der Waals surface area contributed by atoms with E-state index in [0.717, 1.165) is 18.8 Å². The molecule has 1 aromatic heterocycles. The molecule has 102 valence electrons. The molecule has 1 aliphatic rings. The summed E-state index contributed by atoms with van der Waals surface area (Å²) < 4.78 is 2.34. The van der Waals surface area contributed by atoms with Crippen LogP contribution in [-0.2, 0) is 6.54 Å². The van der Waals surface area contributed by atoms with Crippen LogP contribution in [0, 0.1) is 0 Å². The van der Waals surface area contributed by atoms with Gasteiger partial charge in [0.1, 0.15) is 0 Å². The Morgan fingerprint density at radius 2 is 2.00 bits per heavy atom. The summed E-state index contributed by atoms with van der Waals surface area (Å²) in [6, 6.07) is 6.38. The highest BCUT2D eigenvalue weighted by Crippen LogP contribution is 2.30. The molecular weight excluding hydrogens is 254 g/mol. The van der Waals surface area contributed by atoms with Crippen LogP contribution in [0.2, 0.25) is 0 Å². The van der Waals surface area contributed by atoms with E-state index in [2.05, 4.69) is 40.1 Å². The van der Waals surface area contributed by atoms with E-state index in [1.807, 2.05) is 0 Å². The predicted molar refractivity (Wildman–Crippen MR) is 83.8 cm³/mol. The fourth-order valence-electron chi connectivity index (χ4n) is 2.90. The van der Waals surface area contributed by atoms with Gasteiger partial charge in [0, 0.05) is 35.3 Å². The summed E-state index contributed by atoms with van der Waals surface area (Å²) in [5.41, 5.74) is 8.14. The molecule has 3 nitrogen and oxygen atoms in total. The minimum Gasteiger partial charge on any atom is -0.399 e. The third-order valence-corrected chi connectivity index (χ3v) is 4.73. The summed E-state index contributed by atoms with van der Waals surface area (Å²) in [5.74, 6) is 0. The Morgan fingerprint density at radius 3 is 2.74 bits per heavy atom. The number of thioether (sulfide) groups is 1. The van der Waals surface area contributed by atoms with E-state index in [4.69, 9.17) is 5.73 Å². The zero-order valence-electron chi connectivity index (χ0n) is 11.4. The van der Waals surface area contributed by atoms with Crippen LogP contribution < -0.4 is 5.73 Å². The highest BCUT2D eigenvalue weighted by molar-refractivity contribution is 7.98. The van der Waals surface area contributed by atoms with Gasteiger partial charge < -0.3 is 15.2 Å². The molecule has 0 saturated carbocycles. The van der Waals surface area contributed by atoms with E-state index in [-0.39, 0.29) is 0 Å². The van der Waals surface area contributed by atoms with Gasteiger partial charge in [0.25, 0.3) is 0 Å². The van der Waals surface area contributed by atoms with Crippen LogP contribution in [-0.4, -0.2) is 35.4 Å². The predicted octanol–water partition coefficient (Wildman–Crippen LogP) is 3.04. The SMILES string of the molecule is CSc1cc(N)cc2c1ccn2CCN1CCCC1. The molecule has 3 rings (SSSR count). The number of benzene rings is 1. The van der Waals surface area contributed by atoms with E-state index < -0.39 is 0 Å². The Kier molecular flexibility index (Phi) is 3.71. The summed E-state index contributed by atoms with van der Waals surface area (Å²) in [6.45, 7) is 4.72. The number of nitrogens with two attached hydrogens (primary N) is 1. The lowest BCUT2D eigenvalue weighted by atomic mass is 10.2. The van der Waals surface area contributed by atoms with Crippen molar-refractivity contribution in [2.75, 3.05) is 31.6 Å². The molecule has 1 fully saturated rings. The molecule has 2 N–H and O–H groups in total. The summed E-state index contributed by atoms with van der Waals surface area (Å²) in [4.78, 5) is 3.82. The lowest BCUT2D eigenvalue weighted by molar-refractivity contribution is 0.324. The van der Waals surface area contributed by atoms with Crippen molar-refractivity contribution in [3.8, 4) is 0 Å². The average Bonchev–Trinajstić information content (AvgIpc) is 3.04. The van der Waals surface area contributed by atoms with Gasteiger partial charge in [-0.2, -0.15) is 0 Å². The second kappa shape index (κ2) is 5.47. The molecule has 0 bridgehead atoms. The number of fused-ring (bicyclic) bond motifs is 1. The number of nitrogens with zero attached hydrogens (tertiary/aromatic N) is 2. The third kappa shape index (κ3) is 2.60. The van der Waals surface area contributed by atoms with E-state index in [0.29, 0.717) is 0 Å². The first-order chi connectivity index (χ1) is 9.28. The van der Waals surface area contributed by atoms with Crippen LogP contribution in [0.4, 0.5) is 5.69 Å². The molecule has 2 aromatic rings. The number of anilines is 1. The minimum absolute atomic E-state index is 0.859. The Bertz CT molecular complexity index is 570. The topological polar surface area (TPSA) is 34.2 Å². The fourth-order valence-corrected chi connectivity index (χ4v) is 3.55. The average molecular weight is 275 g/mol. The number of likely N-dealkylation sites (tertiary alicyclic amines) is 1. The van der Waals surface area contributed by atoms with Crippen LogP contribution in [0.3, 0.4) is 0 Å². The number of nitrogen functional groups attached to an aromatic ring is 1. The first kappa shape index (κ1) is 12.9. The van der Waals surface area contributed by atoms with Gasteiger partial charge in [-0.1, -0.05) is 0 Å². The first-order valence-electron chi connectivity index (χ1n) is 6.92. The molecule has 4 heteroatoms. The summed E-state index contributed by atoms with van der Waals surface area (Å²) in [5, 5.41) is 1.32. The van der Waals surface area contributed by atoms with Crippen molar-refractivity contribution >= 4 is 28.4 Å². The van der Waals surface area contributed by atoms with Crippen molar-refractivity contribution < 1.29 is 0 Å². The van der Waals surface area contributed by atoms with E-state index in [1.165, 1.54) is 41.7 Å². The van der Waals surface area contributed by atoms with Crippen molar-refractivity contribution in [2.45, 2.75) is 24.3 Å². The summed E-state index contributed by atoms with van der Waals surface area (Å²) >= 11 is 1.77. The van der Waals surface area contributed by atoms with Crippen molar-refractivity contribution in [3.63, 3.8) is 0 Å². The molecule has 1 saturated heterocycles. The minimum atomic E-state index is 0.859. The first-order valence-corrected chi connectivity index (χ1v) is 8.15. The van der Waals surface area contributed by atoms with Gasteiger partial charge in [0.15, 0.2) is 0 Å². The Hall–Kier alpha value is -1.13. The lowest BCUT2D eigenvalue weighted by Crippen LogP contribution is -2.23. The maximum atomic E-state index is 6.01. The van der Waals surface area contributed by atoms with Gasteiger partial charge in [-0.15, -0.1) is 11.8 Å². The van der Waals surface area contributed by atoms with Gasteiger partial charge >= 0.3 is 0 Å². The van der Waals surface area contributed by atoms with Gasteiger partial charge in [-0.25, -0.2) is 0 Å². The molecule has 1 aromatic carbocycles. The normalized spacial score (nSPS) is 16.5. The number of aromatic nitrogens is 1. The molecular formula is C15H21N3S. The van der Waals surface area contributed by atoms with E-state index in [1.54, 1.807) is 11.8 Å². The second-order valence-electron chi connectivity index (χ2n) is 5.21. The molecule has 0 amide bonds. The van der Waals surface area contributed by atoms with E-state index in [9.17, 15) is 0 Å².